The number of carbonyl (C=O) groups is 2. The predicted octanol–water partition coefficient (Wildman–Crippen LogP) is 5.64. The Morgan fingerprint density at radius 1 is 1.10 bits per heavy atom. The fraction of sp³-hybridized carbons (Fsp3) is 0.867. The van der Waals surface area contributed by atoms with Crippen LogP contribution in [0.5, 0.6) is 0 Å². The topological polar surface area (TPSA) is 114 Å². The summed E-state index contributed by atoms with van der Waals surface area (Å²) >= 11 is 0. The molecule has 1 unspecified atom stereocenters. The molecule has 2 rings (SSSR count). The quantitative estimate of drug-likeness (QED) is 0.0850. The second-order valence-corrected chi connectivity index (χ2v) is 20.4. The number of hydrogen-bond donors (Lipinski definition) is 0. The lowest BCUT2D eigenvalue weighted by Crippen LogP contribution is -2.58. The maximum absolute atomic E-state index is 13.3. The first-order chi connectivity index (χ1) is 18.7. The molecule has 238 valence electrons. The Morgan fingerprint density at radius 2 is 1.68 bits per heavy atom. The molecule has 2 aliphatic carbocycles. The first-order valence-corrected chi connectivity index (χ1v) is 19.3. The number of rotatable bonds is 13. The van der Waals surface area contributed by atoms with Crippen LogP contribution in [-0.4, -0.2) is 74.6 Å². The molecule has 9 nitrogen and oxygen atoms in total. The van der Waals surface area contributed by atoms with Crippen molar-refractivity contribution >= 4 is 30.2 Å². The van der Waals surface area contributed by atoms with Crippen molar-refractivity contribution in [2.75, 3.05) is 27.6 Å². The lowest BCUT2D eigenvalue weighted by atomic mass is 9.46. The van der Waals surface area contributed by atoms with Gasteiger partial charge in [-0.3, -0.25) is 13.8 Å². The number of ether oxygens (including phenoxy) is 3. The van der Waals surface area contributed by atoms with Gasteiger partial charge in [-0.1, -0.05) is 40.7 Å². The summed E-state index contributed by atoms with van der Waals surface area (Å²) in [4.78, 5) is 26.5. The van der Waals surface area contributed by atoms with E-state index in [-0.39, 0.29) is 53.0 Å². The van der Waals surface area contributed by atoms with Gasteiger partial charge < -0.3 is 18.6 Å². The van der Waals surface area contributed by atoms with Crippen molar-refractivity contribution in [3.63, 3.8) is 0 Å². The number of esters is 1. The predicted molar refractivity (Wildman–Crippen MR) is 161 cm³/mol. The van der Waals surface area contributed by atoms with E-state index in [1.54, 1.807) is 0 Å². The normalized spacial score (nSPS) is 30.1. The summed E-state index contributed by atoms with van der Waals surface area (Å²) in [5.74, 6) is -0.444. The van der Waals surface area contributed by atoms with Crippen molar-refractivity contribution in [1.82, 2.24) is 0 Å². The van der Waals surface area contributed by atoms with E-state index in [2.05, 4.69) is 47.4 Å². The van der Waals surface area contributed by atoms with Crippen molar-refractivity contribution in [2.24, 2.45) is 22.7 Å². The highest BCUT2D eigenvalue weighted by molar-refractivity contribution is 7.86. The average Bonchev–Trinajstić information content (AvgIpc) is 2.83. The molecule has 0 spiro atoms. The number of Topliss-reactive ketones (excluding diaryl/α,β-unsaturated/α-hetero) is 1. The van der Waals surface area contributed by atoms with E-state index >= 15 is 0 Å². The highest BCUT2D eigenvalue weighted by Crippen LogP contribution is 2.63. The van der Waals surface area contributed by atoms with Gasteiger partial charge in [-0.25, -0.2) is 0 Å². The largest absolute Gasteiger partial charge is 0.469 e. The van der Waals surface area contributed by atoms with Gasteiger partial charge in [-0.05, 0) is 73.6 Å². The molecule has 0 bridgehead atoms. The molecule has 2 fully saturated rings. The van der Waals surface area contributed by atoms with E-state index in [0.717, 1.165) is 31.1 Å². The van der Waals surface area contributed by atoms with Gasteiger partial charge >= 0.3 is 5.97 Å². The molecule has 0 aliphatic heterocycles. The summed E-state index contributed by atoms with van der Waals surface area (Å²) < 4.78 is 51.6. The van der Waals surface area contributed by atoms with Gasteiger partial charge in [0.2, 0.25) is 0 Å². The molecule has 2 saturated carbocycles. The third-order valence-electron chi connectivity index (χ3n) is 10.2. The molecule has 0 amide bonds. The number of fused-ring (bicyclic) bond motifs is 1. The molecule has 0 aromatic carbocycles. The molecule has 0 saturated heterocycles. The van der Waals surface area contributed by atoms with Crippen LogP contribution in [0.25, 0.3) is 0 Å². The number of carbonyl (C=O) groups excluding carboxylic acids is 2. The van der Waals surface area contributed by atoms with Crippen LogP contribution in [0.2, 0.25) is 18.1 Å². The molecule has 11 heteroatoms. The van der Waals surface area contributed by atoms with Crippen LogP contribution in [0.4, 0.5) is 0 Å². The van der Waals surface area contributed by atoms with Crippen LogP contribution in [0, 0.1) is 22.7 Å². The number of ketones is 1. The van der Waals surface area contributed by atoms with Crippen LogP contribution in [0.1, 0.15) is 79.6 Å². The van der Waals surface area contributed by atoms with E-state index < -0.39 is 36.2 Å². The molecule has 0 radical (unpaired) electrons. The van der Waals surface area contributed by atoms with E-state index in [4.69, 9.17) is 22.8 Å². The summed E-state index contributed by atoms with van der Waals surface area (Å²) in [6.07, 6.45) is 2.32. The Labute approximate surface area is 249 Å². The molecular weight excluding hydrogens is 564 g/mol. The average molecular weight is 619 g/mol. The number of hydrogen-bond acceptors (Lipinski definition) is 9. The highest BCUT2D eigenvalue weighted by atomic mass is 32.2. The minimum Gasteiger partial charge on any atom is -0.469 e. The van der Waals surface area contributed by atoms with Crippen molar-refractivity contribution < 1.29 is 40.8 Å². The van der Waals surface area contributed by atoms with Crippen LogP contribution < -0.4 is 0 Å². The van der Waals surface area contributed by atoms with Gasteiger partial charge in [0.05, 0.1) is 24.9 Å². The first-order valence-electron chi connectivity index (χ1n) is 14.6. The molecule has 41 heavy (non-hydrogen) atoms. The third-order valence-corrected chi connectivity index (χ3v) is 15.3. The van der Waals surface area contributed by atoms with Gasteiger partial charge in [0.15, 0.2) is 14.6 Å². The summed E-state index contributed by atoms with van der Waals surface area (Å²) in [5, 5.41) is -0.00836. The Morgan fingerprint density at radius 3 is 2.17 bits per heavy atom. The molecule has 0 aromatic rings. The van der Waals surface area contributed by atoms with Crippen LogP contribution >= 0.6 is 0 Å². The molecule has 2 aliphatic rings. The van der Waals surface area contributed by atoms with E-state index in [1.807, 2.05) is 6.92 Å². The zero-order valence-electron chi connectivity index (χ0n) is 27.1. The Balaban J connectivity index is 2.41. The van der Waals surface area contributed by atoms with Gasteiger partial charge in [0, 0.05) is 27.1 Å². The summed E-state index contributed by atoms with van der Waals surface area (Å²) in [6, 6.07) is 0. The smallest absolute Gasteiger partial charge is 0.311 e. The monoisotopic (exact) mass is 618 g/mol. The standard InChI is InChI=1S/C30H54O9SSi/c1-20-22(15-14-21(31)18-24(26(35-7)36-8)38-40(10,33)34)29(5)16-13-17-30(6,27(32)37-9)25(29)19-23(20)39-41(11,12)28(2,3)4/h22-26H,1,13-19H2,2-12H3/t22-,23+,24?,25+,29+,30-/m0/s1. The van der Waals surface area contributed by atoms with Crippen LogP contribution in [0.15, 0.2) is 12.2 Å². The summed E-state index contributed by atoms with van der Waals surface area (Å²) in [7, 11) is -1.84. The second kappa shape index (κ2) is 13.3. The molecule has 0 heterocycles. The van der Waals surface area contributed by atoms with E-state index in [1.165, 1.54) is 21.3 Å². The second-order valence-electron chi connectivity index (χ2n) is 14.0. The minimum atomic E-state index is -3.85. The molecule has 6 atom stereocenters. The first kappa shape index (κ1) is 36.1. The van der Waals surface area contributed by atoms with Crippen molar-refractivity contribution in [3.8, 4) is 0 Å². The van der Waals surface area contributed by atoms with Crippen LogP contribution in [0.3, 0.4) is 0 Å². The van der Waals surface area contributed by atoms with Gasteiger partial charge in [-0.15, -0.1) is 0 Å². The summed E-state index contributed by atoms with van der Waals surface area (Å²) in [5.41, 5.74) is 0.0279. The SMILES string of the molecule is C=C1[C@H](O[Si](C)(C)C(C)(C)C)C[C@@H]2[C@](C)(CCC[C@]2(C)C(=O)OC)[C@H]1CCC(=O)CC(OS(C)(=O)=O)C(OC)OC. The summed E-state index contributed by atoms with van der Waals surface area (Å²) in [6.45, 7) is 19.8. The fourth-order valence-corrected chi connectivity index (χ4v) is 8.87. The van der Waals surface area contributed by atoms with E-state index in [0.29, 0.717) is 12.8 Å². The van der Waals surface area contributed by atoms with Crippen molar-refractivity contribution in [1.29, 1.82) is 0 Å². The van der Waals surface area contributed by atoms with Crippen molar-refractivity contribution in [2.45, 2.75) is 116 Å². The zero-order valence-corrected chi connectivity index (χ0v) is 28.9. The molecule has 0 aromatic heterocycles. The Bertz CT molecular complexity index is 1060. The van der Waals surface area contributed by atoms with Crippen LogP contribution in [-0.2, 0) is 42.5 Å². The van der Waals surface area contributed by atoms with Gasteiger partial charge in [-0.2, -0.15) is 8.42 Å². The Kier molecular flexibility index (Phi) is 11.7. The highest BCUT2D eigenvalue weighted by Gasteiger charge is 2.60. The lowest BCUT2D eigenvalue weighted by molar-refractivity contribution is -0.171. The van der Waals surface area contributed by atoms with Gasteiger partial charge in [0.1, 0.15) is 11.9 Å². The molecular formula is C30H54O9SSi. The van der Waals surface area contributed by atoms with Gasteiger partial charge in [0.25, 0.3) is 10.1 Å². The third kappa shape index (κ3) is 8.09. The fourth-order valence-electron chi connectivity index (χ4n) is 6.95. The maximum atomic E-state index is 13.3. The Hall–Kier alpha value is -1.11. The molecule has 0 N–H and O–H groups in total. The lowest BCUT2D eigenvalue weighted by Gasteiger charge is -2.60. The number of methoxy groups -OCH3 is 3. The zero-order chi connectivity index (χ0) is 31.6. The minimum absolute atomic E-state index is 0.00836. The maximum Gasteiger partial charge on any atom is 0.311 e. The van der Waals surface area contributed by atoms with Crippen molar-refractivity contribution in [3.05, 3.63) is 12.2 Å². The van der Waals surface area contributed by atoms with E-state index in [9.17, 15) is 18.0 Å².